The molecule has 6 nitrogen and oxygen atoms in total. The molecule has 0 saturated carbocycles. The van der Waals surface area contributed by atoms with Gasteiger partial charge in [-0.2, -0.15) is 15.0 Å². The van der Waals surface area contributed by atoms with Gasteiger partial charge in [-0.15, -0.1) is 0 Å². The molecule has 7 heteroatoms. The molecule has 0 saturated heterocycles. The molecule has 0 aliphatic carbocycles. The molecule has 28 heavy (non-hydrogen) atoms. The molecule has 0 bridgehead atoms. The van der Waals surface area contributed by atoms with E-state index in [1.54, 1.807) is 48.5 Å². The van der Waals surface area contributed by atoms with Crippen LogP contribution in [-0.2, 0) is 0 Å². The first-order chi connectivity index (χ1) is 13.4. The van der Waals surface area contributed by atoms with Crippen LogP contribution in [0.5, 0.6) is 0 Å². The van der Waals surface area contributed by atoms with Crippen LogP contribution in [-0.4, -0.2) is 20.9 Å². The molecule has 3 rings (SSSR count). The van der Waals surface area contributed by atoms with Crippen molar-refractivity contribution in [1.29, 1.82) is 5.26 Å². The summed E-state index contributed by atoms with van der Waals surface area (Å²) in [7, 11) is 0. The molecule has 0 radical (unpaired) electrons. The number of carboxylic acid groups (broad SMARTS) is 1. The Balaban J connectivity index is 2.25. The number of nitrogens with zero attached hydrogens (tertiary/aromatic N) is 3. The molecular weight excluding hydrogens is 378 g/mol. The van der Waals surface area contributed by atoms with Crippen LogP contribution in [0.15, 0.2) is 53.3 Å². The molecule has 0 fully saturated rings. The van der Waals surface area contributed by atoms with E-state index >= 15 is 0 Å². The highest BCUT2D eigenvalue weighted by atomic mass is 35.5. The normalized spacial score (nSPS) is 10.8. The van der Waals surface area contributed by atoms with Gasteiger partial charge in [-0.05, 0) is 36.2 Å². The van der Waals surface area contributed by atoms with Crippen molar-refractivity contribution in [1.82, 2.24) is 9.78 Å². The number of hydrogen-bond donors (Lipinski definition) is 1. The Labute approximate surface area is 165 Å². The van der Waals surface area contributed by atoms with Gasteiger partial charge in [0.05, 0.1) is 5.69 Å². The highest BCUT2D eigenvalue weighted by molar-refractivity contribution is 6.32. The molecule has 0 atom stereocenters. The fourth-order valence-corrected chi connectivity index (χ4v) is 2.88. The van der Waals surface area contributed by atoms with Gasteiger partial charge in [0, 0.05) is 10.6 Å². The van der Waals surface area contributed by atoms with Gasteiger partial charge in [-0.3, -0.25) is 4.79 Å². The van der Waals surface area contributed by atoms with Gasteiger partial charge in [0.15, 0.2) is 5.69 Å². The van der Waals surface area contributed by atoms with E-state index in [9.17, 15) is 20.0 Å². The van der Waals surface area contributed by atoms with Gasteiger partial charge in [0.2, 0.25) is 0 Å². The third kappa shape index (κ3) is 3.70. The predicted molar refractivity (Wildman–Crippen MR) is 107 cm³/mol. The fraction of sp³-hybridized carbons (Fsp3) is 0.0476. The minimum Gasteiger partial charge on any atom is -0.476 e. The van der Waals surface area contributed by atoms with Crippen LogP contribution >= 0.6 is 11.6 Å². The maximum Gasteiger partial charge on any atom is 0.357 e. The maximum absolute atomic E-state index is 12.8. The molecule has 0 unspecified atom stereocenters. The highest BCUT2D eigenvalue weighted by Crippen LogP contribution is 2.20. The summed E-state index contributed by atoms with van der Waals surface area (Å²) in [5.74, 6) is -1.35. The summed E-state index contributed by atoms with van der Waals surface area (Å²) >= 11 is 6.10. The van der Waals surface area contributed by atoms with E-state index in [0.29, 0.717) is 16.3 Å². The second-order valence-corrected chi connectivity index (χ2v) is 6.37. The van der Waals surface area contributed by atoms with Crippen LogP contribution < -0.4 is 5.56 Å². The first kappa shape index (κ1) is 19.1. The molecule has 1 heterocycles. The number of benzene rings is 2. The number of aromatic carboxylic acids is 1. The standard InChI is InChI=1S/C21H14ClN3O3/c1-13-5-4-7-15(11-13)25-20(26)17(12-23)16(19(24-25)21(27)28)10-9-14-6-2-3-8-18(14)22/h2-11H,1H3,(H,27,28)/b10-9-. The van der Waals surface area contributed by atoms with Crippen molar-refractivity contribution >= 4 is 29.7 Å². The largest absolute Gasteiger partial charge is 0.476 e. The number of aryl methyl sites for hydroxylation is 1. The molecular formula is C21H14ClN3O3. The smallest absolute Gasteiger partial charge is 0.357 e. The Morgan fingerprint density at radius 2 is 1.96 bits per heavy atom. The second-order valence-electron chi connectivity index (χ2n) is 5.97. The summed E-state index contributed by atoms with van der Waals surface area (Å²) in [4.78, 5) is 24.6. The van der Waals surface area contributed by atoms with Gasteiger partial charge in [-0.25, -0.2) is 4.79 Å². The minimum absolute atomic E-state index is 0.0659. The van der Waals surface area contributed by atoms with E-state index in [0.717, 1.165) is 10.2 Å². The van der Waals surface area contributed by atoms with Gasteiger partial charge in [0.1, 0.15) is 11.6 Å². The number of aromatic nitrogens is 2. The molecule has 1 aromatic heterocycles. The third-order valence-corrected chi connectivity index (χ3v) is 4.37. The Hall–Kier alpha value is -3.69. The molecule has 0 aliphatic rings. The lowest BCUT2D eigenvalue weighted by Gasteiger charge is -2.10. The zero-order chi connectivity index (χ0) is 20.3. The zero-order valence-corrected chi connectivity index (χ0v) is 15.5. The van der Waals surface area contributed by atoms with Gasteiger partial charge < -0.3 is 5.11 Å². The summed E-state index contributed by atoms with van der Waals surface area (Å²) in [6.45, 7) is 1.83. The molecule has 0 amide bonds. The van der Waals surface area contributed by atoms with E-state index in [1.165, 1.54) is 6.08 Å². The van der Waals surface area contributed by atoms with E-state index in [4.69, 9.17) is 11.6 Å². The first-order valence-corrected chi connectivity index (χ1v) is 8.60. The molecule has 3 aromatic rings. The monoisotopic (exact) mass is 391 g/mol. The van der Waals surface area contributed by atoms with Crippen LogP contribution in [0.25, 0.3) is 17.8 Å². The quantitative estimate of drug-likeness (QED) is 0.726. The SMILES string of the molecule is Cc1cccc(-n2nc(C(=O)O)c(/C=C\c3ccccc3Cl)c(C#N)c2=O)c1. The second kappa shape index (κ2) is 7.91. The van der Waals surface area contributed by atoms with Crippen molar-refractivity contribution in [2.75, 3.05) is 0 Å². The summed E-state index contributed by atoms with van der Waals surface area (Å²) in [5, 5.41) is 23.6. The van der Waals surface area contributed by atoms with E-state index in [-0.39, 0.29) is 11.1 Å². The van der Waals surface area contributed by atoms with Crippen molar-refractivity contribution in [3.63, 3.8) is 0 Å². The van der Waals surface area contributed by atoms with E-state index in [2.05, 4.69) is 5.10 Å². The lowest BCUT2D eigenvalue weighted by Crippen LogP contribution is -2.28. The average Bonchev–Trinajstić information content (AvgIpc) is 2.67. The lowest BCUT2D eigenvalue weighted by molar-refractivity contribution is 0.0688. The van der Waals surface area contributed by atoms with Crippen molar-refractivity contribution < 1.29 is 9.90 Å². The Bertz CT molecular complexity index is 1210. The van der Waals surface area contributed by atoms with Crippen LogP contribution in [0, 0.1) is 18.3 Å². The Morgan fingerprint density at radius 1 is 1.21 bits per heavy atom. The number of rotatable bonds is 4. The number of halogens is 1. The summed E-state index contributed by atoms with van der Waals surface area (Å²) in [5.41, 5.74) is 0.390. The average molecular weight is 392 g/mol. The summed E-state index contributed by atoms with van der Waals surface area (Å²) < 4.78 is 0.932. The molecule has 1 N–H and O–H groups in total. The van der Waals surface area contributed by atoms with Crippen LogP contribution in [0.3, 0.4) is 0 Å². The van der Waals surface area contributed by atoms with Crippen molar-refractivity contribution in [3.05, 3.63) is 91.9 Å². The summed E-state index contributed by atoms with van der Waals surface area (Å²) in [6, 6.07) is 15.6. The Kier molecular flexibility index (Phi) is 5.39. The number of nitriles is 1. The van der Waals surface area contributed by atoms with Gasteiger partial charge in [0.25, 0.3) is 5.56 Å². The third-order valence-electron chi connectivity index (χ3n) is 4.03. The summed E-state index contributed by atoms with van der Waals surface area (Å²) in [6.07, 6.45) is 2.92. The highest BCUT2D eigenvalue weighted by Gasteiger charge is 2.21. The van der Waals surface area contributed by atoms with Crippen LogP contribution in [0.2, 0.25) is 5.02 Å². The Morgan fingerprint density at radius 3 is 2.61 bits per heavy atom. The molecule has 138 valence electrons. The molecule has 2 aromatic carbocycles. The number of carbonyl (C=O) groups is 1. The topological polar surface area (TPSA) is 96.0 Å². The maximum atomic E-state index is 12.8. The lowest BCUT2D eigenvalue weighted by atomic mass is 10.1. The van der Waals surface area contributed by atoms with Crippen molar-refractivity contribution in [3.8, 4) is 11.8 Å². The predicted octanol–water partition coefficient (Wildman–Crippen LogP) is 3.93. The number of carboxylic acids is 1. The van der Waals surface area contributed by atoms with Crippen molar-refractivity contribution in [2.45, 2.75) is 6.92 Å². The zero-order valence-electron chi connectivity index (χ0n) is 14.8. The fourth-order valence-electron chi connectivity index (χ4n) is 2.69. The van der Waals surface area contributed by atoms with E-state index in [1.807, 2.05) is 19.1 Å². The van der Waals surface area contributed by atoms with Crippen LogP contribution in [0.4, 0.5) is 0 Å². The first-order valence-electron chi connectivity index (χ1n) is 8.22. The van der Waals surface area contributed by atoms with Crippen molar-refractivity contribution in [2.24, 2.45) is 0 Å². The van der Waals surface area contributed by atoms with E-state index < -0.39 is 17.2 Å². The molecule has 0 spiro atoms. The van der Waals surface area contributed by atoms with Gasteiger partial charge >= 0.3 is 5.97 Å². The minimum atomic E-state index is -1.35. The van der Waals surface area contributed by atoms with Gasteiger partial charge in [-0.1, -0.05) is 54.1 Å². The van der Waals surface area contributed by atoms with Crippen LogP contribution in [0.1, 0.15) is 32.7 Å². The number of hydrogen-bond acceptors (Lipinski definition) is 4. The molecule has 0 aliphatic heterocycles.